The van der Waals surface area contributed by atoms with Crippen LogP contribution in [0.4, 0.5) is 4.79 Å². The molecule has 0 radical (unpaired) electrons. The summed E-state index contributed by atoms with van der Waals surface area (Å²) in [6.07, 6.45) is -1.43. The zero-order valence-electron chi connectivity index (χ0n) is 6.85. The molecule has 1 amide bonds. The number of hydrogen-bond donors (Lipinski definition) is 1. The molecule has 8 heteroatoms. The van der Waals surface area contributed by atoms with Crippen LogP contribution in [-0.4, -0.2) is 44.8 Å². The summed E-state index contributed by atoms with van der Waals surface area (Å²) in [5, 5.41) is 8.37. The third-order valence-electron chi connectivity index (χ3n) is 1.52. The number of halogens is 2. The van der Waals surface area contributed by atoms with Gasteiger partial charge in [-0.3, -0.25) is 9.69 Å². The molecule has 1 aliphatic heterocycles. The van der Waals surface area contributed by atoms with E-state index in [-0.39, 0.29) is 0 Å². The largest absolute Gasteiger partial charge is 0.508 e. The second kappa shape index (κ2) is 4.95. The van der Waals surface area contributed by atoms with E-state index in [0.29, 0.717) is 12.3 Å². The lowest BCUT2D eigenvalue weighted by molar-refractivity contribution is -0.134. The van der Waals surface area contributed by atoms with Crippen molar-refractivity contribution in [3.8, 4) is 0 Å². The SMILES string of the molecule is O=C(O)OC1SCCN1C(=O)C(Cl)Cl. The van der Waals surface area contributed by atoms with E-state index in [1.54, 1.807) is 0 Å². The predicted molar refractivity (Wildman–Crippen MR) is 52.6 cm³/mol. The van der Waals surface area contributed by atoms with E-state index in [2.05, 4.69) is 4.74 Å². The molecule has 1 saturated heterocycles. The van der Waals surface area contributed by atoms with E-state index in [4.69, 9.17) is 28.3 Å². The fraction of sp³-hybridized carbons (Fsp3) is 0.667. The van der Waals surface area contributed by atoms with Gasteiger partial charge in [0, 0.05) is 12.3 Å². The summed E-state index contributed by atoms with van der Waals surface area (Å²) in [5.74, 6) is 0.0640. The molecule has 0 aromatic carbocycles. The summed E-state index contributed by atoms with van der Waals surface area (Å²) in [7, 11) is 0. The molecule has 0 aromatic rings. The lowest BCUT2D eigenvalue weighted by atomic mass is 10.5. The van der Waals surface area contributed by atoms with Crippen LogP contribution < -0.4 is 0 Å². The second-order valence-corrected chi connectivity index (χ2v) is 4.64. The van der Waals surface area contributed by atoms with Crippen LogP contribution in [0.1, 0.15) is 0 Å². The molecule has 1 fully saturated rings. The molecule has 0 aliphatic carbocycles. The molecule has 5 nitrogen and oxygen atoms in total. The van der Waals surface area contributed by atoms with Crippen LogP contribution >= 0.6 is 35.0 Å². The van der Waals surface area contributed by atoms with Gasteiger partial charge in [-0.05, 0) is 0 Å². The van der Waals surface area contributed by atoms with Gasteiger partial charge in [0.25, 0.3) is 5.91 Å². The Labute approximate surface area is 94.3 Å². The summed E-state index contributed by atoms with van der Waals surface area (Å²) in [6.45, 7) is 0.386. The fourth-order valence-electron chi connectivity index (χ4n) is 0.971. The first-order chi connectivity index (χ1) is 6.52. The van der Waals surface area contributed by atoms with E-state index in [1.165, 1.54) is 16.7 Å². The second-order valence-electron chi connectivity index (χ2n) is 2.39. The van der Waals surface area contributed by atoms with E-state index >= 15 is 0 Å². The van der Waals surface area contributed by atoms with Crippen LogP contribution in [0.15, 0.2) is 0 Å². The molecule has 0 aromatic heterocycles. The van der Waals surface area contributed by atoms with Crippen molar-refractivity contribution in [1.29, 1.82) is 0 Å². The number of carbonyl (C=O) groups excluding carboxylic acids is 1. The highest BCUT2D eigenvalue weighted by Crippen LogP contribution is 2.26. The maximum atomic E-state index is 11.3. The van der Waals surface area contributed by atoms with Gasteiger partial charge >= 0.3 is 6.16 Å². The number of alkyl halides is 2. The van der Waals surface area contributed by atoms with E-state index in [0.717, 1.165) is 0 Å². The summed E-state index contributed by atoms with van der Waals surface area (Å²) in [5.41, 5.74) is -0.833. The standard InChI is InChI=1S/C6H7Cl2NO4S/c7-3(8)4(10)9-1-2-14-5(9)13-6(11)12/h3,5H,1-2H2,(H,11,12). The van der Waals surface area contributed by atoms with Gasteiger partial charge in [-0.25, -0.2) is 4.79 Å². The molecule has 1 rings (SSSR count). The summed E-state index contributed by atoms with van der Waals surface area (Å²) in [4.78, 5) is 21.6. The summed E-state index contributed by atoms with van der Waals surface area (Å²) >= 11 is 12.0. The van der Waals surface area contributed by atoms with Crippen molar-refractivity contribution in [3.63, 3.8) is 0 Å². The maximum Gasteiger partial charge on any atom is 0.508 e. The van der Waals surface area contributed by atoms with Crippen molar-refractivity contribution in [2.45, 2.75) is 10.4 Å². The van der Waals surface area contributed by atoms with Crippen molar-refractivity contribution >= 4 is 47.0 Å². The predicted octanol–water partition coefficient (Wildman–Crippen LogP) is 1.34. The number of carbonyl (C=O) groups is 2. The molecule has 1 atom stereocenters. The minimum Gasteiger partial charge on any atom is -0.450 e. The van der Waals surface area contributed by atoms with Crippen molar-refractivity contribution in [2.24, 2.45) is 0 Å². The Morgan fingerprint density at radius 3 is 2.71 bits per heavy atom. The van der Waals surface area contributed by atoms with Gasteiger partial charge < -0.3 is 9.84 Å². The average Bonchev–Trinajstić information content (AvgIpc) is 2.49. The molecule has 1 N–H and O–H groups in total. The molecule has 0 bridgehead atoms. The number of nitrogens with zero attached hydrogens (tertiary/aromatic N) is 1. The number of thioether (sulfide) groups is 1. The average molecular weight is 260 g/mol. The molecule has 14 heavy (non-hydrogen) atoms. The number of carboxylic acid groups (broad SMARTS) is 1. The lowest BCUT2D eigenvalue weighted by Crippen LogP contribution is -2.40. The first-order valence-corrected chi connectivity index (χ1v) is 5.54. The van der Waals surface area contributed by atoms with Gasteiger partial charge in [0.05, 0.1) is 0 Å². The Hall–Kier alpha value is -0.330. The first-order valence-electron chi connectivity index (χ1n) is 3.62. The maximum absolute atomic E-state index is 11.3. The zero-order chi connectivity index (χ0) is 10.7. The highest BCUT2D eigenvalue weighted by Gasteiger charge is 2.34. The minimum absolute atomic E-state index is 0.386. The van der Waals surface area contributed by atoms with E-state index in [1.807, 2.05) is 0 Å². The van der Waals surface area contributed by atoms with Crippen molar-refractivity contribution in [2.75, 3.05) is 12.3 Å². The summed E-state index contributed by atoms with van der Waals surface area (Å²) in [6, 6.07) is 0. The minimum atomic E-state index is -1.43. The summed E-state index contributed by atoms with van der Waals surface area (Å²) < 4.78 is 4.46. The monoisotopic (exact) mass is 259 g/mol. The molecule has 80 valence electrons. The molecule has 1 heterocycles. The van der Waals surface area contributed by atoms with Gasteiger partial charge in [-0.1, -0.05) is 35.0 Å². The quantitative estimate of drug-likeness (QED) is 0.599. The van der Waals surface area contributed by atoms with Gasteiger partial charge in [-0.2, -0.15) is 0 Å². The van der Waals surface area contributed by atoms with Crippen LogP contribution in [0.5, 0.6) is 0 Å². The molecular formula is C6H7Cl2NO4S. The Morgan fingerprint density at radius 2 is 2.21 bits per heavy atom. The lowest BCUT2D eigenvalue weighted by Gasteiger charge is -2.22. The smallest absolute Gasteiger partial charge is 0.450 e. The van der Waals surface area contributed by atoms with Crippen LogP contribution in [-0.2, 0) is 9.53 Å². The van der Waals surface area contributed by atoms with Crippen molar-refractivity contribution in [1.82, 2.24) is 4.90 Å². The fourth-order valence-corrected chi connectivity index (χ4v) is 2.26. The first kappa shape index (κ1) is 11.7. The van der Waals surface area contributed by atoms with Gasteiger partial charge in [-0.15, -0.1) is 0 Å². The van der Waals surface area contributed by atoms with Crippen LogP contribution in [0.3, 0.4) is 0 Å². The van der Waals surface area contributed by atoms with E-state index < -0.39 is 22.5 Å². The van der Waals surface area contributed by atoms with Gasteiger partial charge in [0.15, 0.2) is 4.84 Å². The third-order valence-corrected chi connectivity index (χ3v) is 2.95. The Bertz CT molecular complexity index is 250. The van der Waals surface area contributed by atoms with Gasteiger partial charge in [0.2, 0.25) is 5.56 Å². The van der Waals surface area contributed by atoms with Crippen molar-refractivity contribution in [3.05, 3.63) is 0 Å². The molecular weight excluding hydrogens is 253 g/mol. The normalized spacial score (nSPS) is 21.4. The molecule has 0 spiro atoms. The van der Waals surface area contributed by atoms with Crippen LogP contribution in [0.25, 0.3) is 0 Å². The van der Waals surface area contributed by atoms with E-state index in [9.17, 15) is 9.59 Å². The Morgan fingerprint density at radius 1 is 1.57 bits per heavy atom. The van der Waals surface area contributed by atoms with Crippen molar-refractivity contribution < 1.29 is 19.4 Å². The Balaban J connectivity index is 2.59. The Kier molecular flexibility index (Phi) is 4.15. The highest BCUT2D eigenvalue weighted by molar-refractivity contribution is 8.00. The van der Waals surface area contributed by atoms with Crippen LogP contribution in [0, 0.1) is 0 Å². The zero-order valence-corrected chi connectivity index (χ0v) is 9.18. The number of ether oxygens (including phenoxy) is 1. The molecule has 1 aliphatic rings. The number of rotatable bonds is 2. The third kappa shape index (κ3) is 2.83. The number of amides is 1. The molecule has 1 unspecified atom stereocenters. The van der Waals surface area contributed by atoms with Gasteiger partial charge in [0.1, 0.15) is 0 Å². The topological polar surface area (TPSA) is 66.8 Å². The molecule has 0 saturated carbocycles. The highest BCUT2D eigenvalue weighted by atomic mass is 35.5. The number of hydrogen-bond acceptors (Lipinski definition) is 4. The van der Waals surface area contributed by atoms with Crippen LogP contribution in [0.2, 0.25) is 0 Å².